The predicted octanol–water partition coefficient (Wildman–Crippen LogP) is 2.69. The maximum absolute atomic E-state index is 13.2. The van der Waals surface area contributed by atoms with Gasteiger partial charge in [-0.2, -0.15) is 0 Å². The molecule has 0 aliphatic carbocycles. The lowest BCUT2D eigenvalue weighted by molar-refractivity contribution is -0.136. The van der Waals surface area contributed by atoms with Crippen LogP contribution in [-0.4, -0.2) is 11.1 Å². The van der Waals surface area contributed by atoms with E-state index in [4.69, 9.17) is 5.11 Å². The van der Waals surface area contributed by atoms with Gasteiger partial charge in [0.05, 0.1) is 20.2 Å². The molecule has 146 valence electrons. The van der Waals surface area contributed by atoms with Gasteiger partial charge in [-0.15, -0.1) is 11.3 Å². The molecule has 0 saturated carbocycles. The maximum atomic E-state index is 13.2. The summed E-state index contributed by atoms with van der Waals surface area (Å²) in [7, 11) is 0. The number of rotatable bonds is 3. The molecule has 0 aliphatic heterocycles. The monoisotopic (exact) mass is 416 g/mol. The summed E-state index contributed by atoms with van der Waals surface area (Å²) in [6.07, 6.45) is 0.130. The topological polar surface area (TPSA) is 106 Å². The minimum absolute atomic E-state index is 0.00126. The molecule has 0 atom stereocenters. The lowest BCUT2D eigenvalue weighted by Crippen LogP contribution is -2.15. The second kappa shape index (κ2) is 6.40. The van der Waals surface area contributed by atoms with E-state index < -0.39 is 22.3 Å². The van der Waals surface area contributed by atoms with Gasteiger partial charge in [-0.05, 0) is 18.1 Å². The first-order chi connectivity index (χ1) is 14.4. The largest absolute Gasteiger partial charge is 0.481 e. The van der Waals surface area contributed by atoms with E-state index in [2.05, 4.69) is 0 Å². The van der Waals surface area contributed by atoms with Crippen molar-refractivity contribution in [3.63, 3.8) is 0 Å². The number of hydrogen-bond acceptors (Lipinski definition) is 6. The summed E-state index contributed by atoms with van der Waals surface area (Å²) in [5.41, 5.74) is -1.07. The second-order valence-electron chi connectivity index (χ2n) is 7.15. The molecule has 1 aromatic heterocycles. The Bertz CT molecular complexity index is 1750. The molecule has 6 nitrogen and oxygen atoms in total. The Labute approximate surface area is 170 Å². The van der Waals surface area contributed by atoms with E-state index in [1.165, 1.54) is 12.1 Å². The summed E-state index contributed by atoms with van der Waals surface area (Å²) < 4.78 is 0.201. The number of thiophene rings is 1. The number of carboxylic acids is 1. The fourth-order valence-electron chi connectivity index (χ4n) is 3.96. The van der Waals surface area contributed by atoms with Crippen molar-refractivity contribution in [3.05, 3.63) is 88.9 Å². The molecule has 0 aliphatic rings. The Morgan fingerprint density at radius 1 is 0.733 bits per heavy atom. The predicted molar refractivity (Wildman–Crippen MR) is 118 cm³/mol. The van der Waals surface area contributed by atoms with E-state index in [1.54, 1.807) is 30.3 Å². The van der Waals surface area contributed by atoms with Gasteiger partial charge in [-0.1, -0.05) is 36.4 Å². The first-order valence-corrected chi connectivity index (χ1v) is 9.99. The third-order valence-electron chi connectivity index (χ3n) is 5.39. The smallest absolute Gasteiger partial charge is 0.303 e. The molecular formula is C23H12O6S. The molecule has 7 heteroatoms. The van der Waals surface area contributed by atoms with Crippen LogP contribution in [0.3, 0.4) is 0 Å². The third kappa shape index (κ3) is 2.45. The van der Waals surface area contributed by atoms with Crippen molar-refractivity contribution in [2.75, 3.05) is 0 Å². The van der Waals surface area contributed by atoms with Crippen LogP contribution < -0.4 is 21.7 Å². The fraction of sp³-hybridized carbons (Fsp3) is 0.0870. The Balaban J connectivity index is 1.96. The summed E-state index contributed by atoms with van der Waals surface area (Å²) in [5.74, 6) is -0.958. The lowest BCUT2D eigenvalue weighted by Gasteiger charge is -2.02. The first kappa shape index (κ1) is 18.3. The number of benzene rings is 4. The van der Waals surface area contributed by atoms with Crippen LogP contribution >= 0.6 is 11.3 Å². The minimum Gasteiger partial charge on any atom is -0.481 e. The number of carboxylic acid groups (broad SMARTS) is 1. The molecule has 30 heavy (non-hydrogen) atoms. The van der Waals surface area contributed by atoms with Crippen molar-refractivity contribution >= 4 is 59.0 Å². The van der Waals surface area contributed by atoms with Crippen molar-refractivity contribution in [1.29, 1.82) is 0 Å². The van der Waals surface area contributed by atoms with Gasteiger partial charge in [0.25, 0.3) is 0 Å². The highest BCUT2D eigenvalue weighted by molar-refractivity contribution is 7.25. The van der Waals surface area contributed by atoms with Crippen LogP contribution in [-0.2, 0) is 11.2 Å². The SMILES string of the molecule is O=C(O)CCc1ccc2c(=O)c3c(sc4c(=O)c5ccccc5c(=O)c43)c(=O)c2c1. The molecule has 0 fully saturated rings. The van der Waals surface area contributed by atoms with E-state index >= 15 is 0 Å². The standard InChI is InChI=1S/C23H12O6S/c24-15(25)8-6-10-5-7-13-14(9-10)21(29)23-17(19(13)27)16-18(26)11-3-1-2-4-12(11)20(28)22(16)30-23/h1-5,7,9H,6,8H2,(H,24,25). The number of fused-ring (bicyclic) bond motifs is 5. The summed E-state index contributed by atoms with van der Waals surface area (Å²) in [5, 5.41) is 9.71. The maximum Gasteiger partial charge on any atom is 0.303 e. The molecule has 5 aromatic rings. The molecule has 1 N–H and O–H groups in total. The summed E-state index contributed by atoms with van der Waals surface area (Å²) in [4.78, 5) is 63.2. The Hall–Kier alpha value is -3.71. The Kier molecular flexibility index (Phi) is 3.91. The third-order valence-corrected chi connectivity index (χ3v) is 6.58. The van der Waals surface area contributed by atoms with E-state index in [-0.39, 0.29) is 60.0 Å². The van der Waals surface area contributed by atoms with E-state index in [0.717, 1.165) is 11.3 Å². The molecule has 0 saturated heterocycles. The molecular weight excluding hydrogens is 404 g/mol. The summed E-state index contributed by atoms with van der Waals surface area (Å²) in [6.45, 7) is 0. The van der Waals surface area contributed by atoms with Crippen LogP contribution in [0, 0.1) is 0 Å². The number of hydrogen-bond donors (Lipinski definition) is 1. The van der Waals surface area contributed by atoms with Crippen LogP contribution in [0.1, 0.15) is 12.0 Å². The highest BCUT2D eigenvalue weighted by Crippen LogP contribution is 2.29. The molecule has 0 radical (unpaired) electrons. The van der Waals surface area contributed by atoms with Gasteiger partial charge in [0.2, 0.25) is 10.9 Å². The van der Waals surface area contributed by atoms with E-state index in [1.807, 2.05) is 0 Å². The zero-order valence-corrected chi connectivity index (χ0v) is 16.2. The van der Waals surface area contributed by atoms with Crippen LogP contribution in [0.2, 0.25) is 0 Å². The van der Waals surface area contributed by atoms with Gasteiger partial charge in [0, 0.05) is 28.0 Å². The zero-order valence-electron chi connectivity index (χ0n) is 15.4. The van der Waals surface area contributed by atoms with Gasteiger partial charge < -0.3 is 5.11 Å². The fourth-order valence-corrected chi connectivity index (χ4v) is 5.16. The van der Waals surface area contributed by atoms with E-state index in [9.17, 15) is 24.0 Å². The highest BCUT2D eigenvalue weighted by Gasteiger charge is 2.21. The van der Waals surface area contributed by atoms with Crippen molar-refractivity contribution < 1.29 is 9.90 Å². The van der Waals surface area contributed by atoms with Crippen molar-refractivity contribution in [2.24, 2.45) is 0 Å². The number of carbonyl (C=O) groups is 1. The number of aliphatic carboxylic acids is 1. The zero-order chi connectivity index (χ0) is 21.2. The van der Waals surface area contributed by atoms with Crippen LogP contribution in [0.5, 0.6) is 0 Å². The Morgan fingerprint density at radius 2 is 1.27 bits per heavy atom. The van der Waals surface area contributed by atoms with Gasteiger partial charge in [0.15, 0.2) is 10.9 Å². The summed E-state index contributed by atoms with van der Waals surface area (Å²) >= 11 is 0.878. The van der Waals surface area contributed by atoms with Crippen molar-refractivity contribution in [1.82, 2.24) is 0 Å². The lowest BCUT2D eigenvalue weighted by atomic mass is 9.99. The van der Waals surface area contributed by atoms with Crippen LogP contribution in [0.4, 0.5) is 0 Å². The van der Waals surface area contributed by atoms with Gasteiger partial charge in [-0.25, -0.2) is 0 Å². The van der Waals surface area contributed by atoms with Crippen molar-refractivity contribution in [2.45, 2.75) is 12.8 Å². The van der Waals surface area contributed by atoms with Crippen LogP contribution in [0.15, 0.2) is 61.6 Å². The van der Waals surface area contributed by atoms with Gasteiger partial charge >= 0.3 is 5.97 Å². The normalized spacial score (nSPS) is 11.7. The Morgan fingerprint density at radius 3 is 1.87 bits per heavy atom. The quantitative estimate of drug-likeness (QED) is 0.485. The molecule has 5 rings (SSSR count). The van der Waals surface area contributed by atoms with Crippen LogP contribution in [0.25, 0.3) is 41.7 Å². The average molecular weight is 416 g/mol. The second-order valence-corrected chi connectivity index (χ2v) is 8.17. The van der Waals surface area contributed by atoms with Gasteiger partial charge in [0.1, 0.15) is 0 Å². The molecule has 4 aromatic carbocycles. The number of aryl methyl sites for hydroxylation is 1. The molecule has 0 amide bonds. The molecule has 0 unspecified atom stereocenters. The first-order valence-electron chi connectivity index (χ1n) is 9.17. The molecule has 1 heterocycles. The molecule has 0 spiro atoms. The average Bonchev–Trinajstić information content (AvgIpc) is 3.16. The van der Waals surface area contributed by atoms with Gasteiger partial charge in [-0.3, -0.25) is 24.0 Å². The minimum atomic E-state index is -0.958. The van der Waals surface area contributed by atoms with Crippen molar-refractivity contribution in [3.8, 4) is 0 Å². The molecule has 0 bridgehead atoms. The van der Waals surface area contributed by atoms with E-state index in [0.29, 0.717) is 5.56 Å². The highest BCUT2D eigenvalue weighted by atomic mass is 32.1. The summed E-state index contributed by atoms with van der Waals surface area (Å²) in [6, 6.07) is 11.0.